The van der Waals surface area contributed by atoms with Gasteiger partial charge in [-0.1, -0.05) is 42.3 Å². The van der Waals surface area contributed by atoms with Gasteiger partial charge in [-0.2, -0.15) is 8.61 Å². The molecule has 0 bridgehead atoms. The minimum atomic E-state index is -3.99. The van der Waals surface area contributed by atoms with Crippen molar-refractivity contribution < 1.29 is 26.7 Å². The van der Waals surface area contributed by atoms with Gasteiger partial charge in [0.15, 0.2) is 0 Å². The lowest BCUT2D eigenvalue weighted by atomic mass is 10.0. The van der Waals surface area contributed by atoms with Crippen LogP contribution in [-0.2, 0) is 24.8 Å². The number of benzene rings is 2. The lowest BCUT2D eigenvalue weighted by Crippen LogP contribution is -2.47. The Balaban J connectivity index is 2.27. The van der Waals surface area contributed by atoms with Crippen LogP contribution in [0.4, 0.5) is 0 Å². The number of sulfonamides is 2. The summed E-state index contributed by atoms with van der Waals surface area (Å²) in [7, 11) is -4.97. The molecule has 2 aromatic carbocycles. The topological polar surface area (TPSA) is 104 Å². The van der Waals surface area contributed by atoms with Crippen molar-refractivity contribution in [1.29, 1.82) is 0 Å². The first kappa shape index (κ1) is 29.0. The summed E-state index contributed by atoms with van der Waals surface area (Å²) < 4.78 is 60.5. The second-order valence-corrected chi connectivity index (χ2v) is 12.9. The predicted octanol–water partition coefficient (Wildman–Crippen LogP) is 3.34. The zero-order valence-electron chi connectivity index (χ0n) is 19.4. The highest BCUT2D eigenvalue weighted by molar-refractivity contribution is 7.89. The molecule has 0 spiro atoms. The molecule has 2 rings (SSSR count). The summed E-state index contributed by atoms with van der Waals surface area (Å²) in [5.41, 5.74) is 0. The van der Waals surface area contributed by atoms with Crippen molar-refractivity contribution in [2.45, 2.75) is 35.8 Å². The molecule has 1 N–H and O–H groups in total. The Morgan fingerprint density at radius 3 is 1.85 bits per heavy atom. The predicted molar refractivity (Wildman–Crippen MR) is 133 cm³/mol. The van der Waals surface area contributed by atoms with Gasteiger partial charge in [0.2, 0.25) is 20.0 Å². The number of hydrogen-bond acceptors (Lipinski definition) is 6. The van der Waals surface area contributed by atoms with Crippen molar-refractivity contribution in [2.24, 2.45) is 5.92 Å². The Morgan fingerprint density at radius 1 is 0.912 bits per heavy atom. The maximum absolute atomic E-state index is 13.3. The van der Waals surface area contributed by atoms with Crippen molar-refractivity contribution in [1.82, 2.24) is 8.61 Å². The number of ether oxygens (including phenoxy) is 1. The molecule has 0 aliphatic carbocycles. The van der Waals surface area contributed by atoms with Crippen LogP contribution in [0, 0.1) is 5.92 Å². The van der Waals surface area contributed by atoms with Crippen LogP contribution < -0.4 is 0 Å². The molecular weight excluding hydrogens is 523 g/mol. The number of halogens is 2. The Kier molecular flexibility index (Phi) is 10.3. The third kappa shape index (κ3) is 6.92. The van der Waals surface area contributed by atoms with Gasteiger partial charge in [-0.15, -0.1) is 0 Å². The molecule has 8 nitrogen and oxygen atoms in total. The largest absolute Gasteiger partial charge is 0.395 e. The third-order valence-corrected chi connectivity index (χ3v) is 9.77. The lowest BCUT2D eigenvalue weighted by molar-refractivity contribution is 0.0360. The molecule has 0 saturated carbocycles. The van der Waals surface area contributed by atoms with Crippen molar-refractivity contribution in [3.05, 3.63) is 58.6 Å². The molecule has 190 valence electrons. The smallest absolute Gasteiger partial charge is 0.243 e. The molecule has 0 aliphatic rings. The molecule has 0 fully saturated rings. The van der Waals surface area contributed by atoms with E-state index in [-0.39, 0.29) is 27.9 Å². The van der Waals surface area contributed by atoms with E-state index in [0.717, 1.165) is 4.31 Å². The molecule has 0 radical (unpaired) electrons. The van der Waals surface area contributed by atoms with Crippen LogP contribution >= 0.6 is 23.2 Å². The van der Waals surface area contributed by atoms with Crippen LogP contribution in [0.5, 0.6) is 0 Å². The number of aliphatic hydroxyl groups is 1. The molecule has 34 heavy (non-hydrogen) atoms. The quantitative estimate of drug-likeness (QED) is 0.433. The number of hydrogen-bond donors (Lipinski definition) is 1. The zero-order valence-corrected chi connectivity index (χ0v) is 22.6. The number of aliphatic hydroxyl groups excluding tert-OH is 1. The Bertz CT molecular complexity index is 1180. The number of methoxy groups -OCH3 is 1. The number of likely N-dealkylation sites (N-methyl/N-ethyl adjacent to an activating group) is 1. The third-order valence-electron chi connectivity index (χ3n) is 5.51. The van der Waals surface area contributed by atoms with Gasteiger partial charge in [0.25, 0.3) is 0 Å². The zero-order chi connectivity index (χ0) is 25.7. The van der Waals surface area contributed by atoms with Gasteiger partial charge in [-0.25, -0.2) is 16.8 Å². The summed E-state index contributed by atoms with van der Waals surface area (Å²) in [5.74, 6) is -0.426. The average molecular weight is 554 g/mol. The van der Waals surface area contributed by atoms with E-state index < -0.39 is 44.7 Å². The average Bonchev–Trinajstić information content (AvgIpc) is 2.79. The Morgan fingerprint density at radius 2 is 1.41 bits per heavy atom. The molecule has 3 atom stereocenters. The molecule has 0 amide bonds. The first-order chi connectivity index (χ1) is 15.8. The normalized spacial score (nSPS) is 15.4. The molecule has 0 unspecified atom stereocenters. The summed E-state index contributed by atoms with van der Waals surface area (Å²) >= 11 is 11.9. The summed E-state index contributed by atoms with van der Waals surface area (Å²) in [6.07, 6.45) is -0.637. The van der Waals surface area contributed by atoms with Gasteiger partial charge < -0.3 is 9.84 Å². The van der Waals surface area contributed by atoms with Crippen molar-refractivity contribution >= 4 is 43.2 Å². The van der Waals surface area contributed by atoms with Gasteiger partial charge in [-0.3, -0.25) is 0 Å². The summed E-state index contributed by atoms with van der Waals surface area (Å²) in [4.78, 5) is 0.0474. The van der Waals surface area contributed by atoms with E-state index in [1.54, 1.807) is 32.0 Å². The van der Waals surface area contributed by atoms with Gasteiger partial charge in [0, 0.05) is 43.3 Å². The van der Waals surface area contributed by atoms with Gasteiger partial charge >= 0.3 is 0 Å². The minimum absolute atomic E-state index is 0.00196. The molecule has 0 saturated heterocycles. The molecule has 0 heterocycles. The van der Waals surface area contributed by atoms with Crippen LogP contribution in [0.3, 0.4) is 0 Å². The van der Waals surface area contributed by atoms with E-state index in [0.29, 0.717) is 5.02 Å². The highest BCUT2D eigenvalue weighted by atomic mass is 35.5. The highest BCUT2D eigenvalue weighted by Gasteiger charge is 2.34. The van der Waals surface area contributed by atoms with Crippen LogP contribution in [0.2, 0.25) is 10.0 Å². The lowest BCUT2D eigenvalue weighted by Gasteiger charge is -2.33. The fourth-order valence-electron chi connectivity index (χ4n) is 3.42. The summed E-state index contributed by atoms with van der Waals surface area (Å²) in [5, 5.41) is 10.3. The van der Waals surface area contributed by atoms with E-state index in [2.05, 4.69) is 0 Å². The maximum atomic E-state index is 13.3. The Hall–Kier alpha value is -1.24. The monoisotopic (exact) mass is 552 g/mol. The SMILES string of the molecule is CO[C@H](CN(C)S(=O)(=O)c1cccc(Cl)c1)[C@@H](C)CN([C@@H](C)CO)S(=O)(=O)c1cccc(Cl)c1. The maximum Gasteiger partial charge on any atom is 0.243 e. The van der Waals surface area contributed by atoms with Crippen molar-refractivity contribution in [2.75, 3.05) is 33.9 Å². The van der Waals surface area contributed by atoms with Gasteiger partial charge in [-0.05, 0) is 49.2 Å². The standard InChI is InChI=1S/C22H30Cl2N2O6S2/c1-16(13-26(17(2)15-27)34(30,31)21-10-6-8-19(24)12-21)22(32-4)14-25(3)33(28,29)20-9-5-7-18(23)11-20/h5-12,16-17,22,27H,13-15H2,1-4H3/t16-,17-,22+/m0/s1. The Labute approximate surface area is 212 Å². The number of rotatable bonds is 12. The van der Waals surface area contributed by atoms with Crippen LogP contribution in [0.15, 0.2) is 58.3 Å². The minimum Gasteiger partial charge on any atom is -0.395 e. The summed E-state index contributed by atoms with van der Waals surface area (Å²) in [6, 6.07) is 11.1. The van der Waals surface area contributed by atoms with E-state index in [1.165, 1.54) is 48.8 Å². The van der Waals surface area contributed by atoms with Gasteiger partial charge in [0.05, 0.1) is 22.5 Å². The summed E-state index contributed by atoms with van der Waals surface area (Å²) in [6.45, 7) is 2.92. The fourth-order valence-corrected chi connectivity index (χ4v) is 6.92. The van der Waals surface area contributed by atoms with Crippen molar-refractivity contribution in [3.8, 4) is 0 Å². The van der Waals surface area contributed by atoms with Crippen molar-refractivity contribution in [3.63, 3.8) is 0 Å². The second kappa shape index (κ2) is 12.1. The van der Waals surface area contributed by atoms with Gasteiger partial charge in [0.1, 0.15) is 0 Å². The van der Waals surface area contributed by atoms with E-state index >= 15 is 0 Å². The fraction of sp³-hybridized carbons (Fsp3) is 0.455. The van der Waals surface area contributed by atoms with E-state index in [4.69, 9.17) is 27.9 Å². The molecule has 0 aromatic heterocycles. The van der Waals surface area contributed by atoms with E-state index in [9.17, 15) is 21.9 Å². The first-order valence-electron chi connectivity index (χ1n) is 10.5. The van der Waals surface area contributed by atoms with E-state index in [1.807, 2.05) is 0 Å². The molecular formula is C22H30Cl2N2O6S2. The van der Waals surface area contributed by atoms with Crippen LogP contribution in [0.25, 0.3) is 0 Å². The van der Waals surface area contributed by atoms with Crippen LogP contribution in [-0.4, -0.2) is 76.6 Å². The number of nitrogens with zero attached hydrogens (tertiary/aromatic N) is 2. The van der Waals surface area contributed by atoms with Crippen LogP contribution in [0.1, 0.15) is 13.8 Å². The highest BCUT2D eigenvalue weighted by Crippen LogP contribution is 2.25. The first-order valence-corrected chi connectivity index (χ1v) is 14.1. The second-order valence-electron chi connectivity index (χ2n) is 8.06. The molecule has 12 heteroatoms. The molecule has 2 aromatic rings. The molecule has 0 aliphatic heterocycles.